The standard InChI is InChI=1S/C34H33N3O3S/c1-5-26-16-17-29(20-24(26)3)33-32(22-35-37(34(33)38)25(4)27-10-7-6-8-11-27)28-12-9-13-30(21-28)36-41(39,40)31-18-14-23(2)15-19-31/h6-22,25,36H,5H2,1-4H3. The van der Waals surface area contributed by atoms with E-state index in [1.807, 2.05) is 62.4 Å². The Labute approximate surface area is 241 Å². The number of hydrogen-bond donors (Lipinski definition) is 1. The van der Waals surface area contributed by atoms with Crippen LogP contribution in [0.3, 0.4) is 0 Å². The normalized spacial score (nSPS) is 12.2. The molecule has 0 saturated carbocycles. The van der Waals surface area contributed by atoms with Crippen molar-refractivity contribution in [2.24, 2.45) is 0 Å². The van der Waals surface area contributed by atoms with Gasteiger partial charge in [0.1, 0.15) is 0 Å². The highest BCUT2D eigenvalue weighted by molar-refractivity contribution is 7.92. The van der Waals surface area contributed by atoms with Crippen LogP contribution in [0.1, 0.15) is 42.1 Å². The fraction of sp³-hybridized carbons (Fsp3) is 0.176. The van der Waals surface area contributed by atoms with Crippen LogP contribution in [0.15, 0.2) is 113 Å². The van der Waals surface area contributed by atoms with Crippen LogP contribution in [0.4, 0.5) is 5.69 Å². The Bertz CT molecular complexity index is 1860. The van der Waals surface area contributed by atoms with E-state index in [2.05, 4.69) is 29.7 Å². The van der Waals surface area contributed by atoms with Gasteiger partial charge in [0.25, 0.3) is 15.6 Å². The summed E-state index contributed by atoms with van der Waals surface area (Å²) in [6, 6.07) is 29.4. The summed E-state index contributed by atoms with van der Waals surface area (Å²) in [6.07, 6.45) is 2.60. The fourth-order valence-corrected chi connectivity index (χ4v) is 6.09. The molecule has 6 nitrogen and oxygen atoms in total. The first-order chi connectivity index (χ1) is 19.7. The maximum Gasteiger partial charge on any atom is 0.275 e. The quantitative estimate of drug-likeness (QED) is 0.217. The van der Waals surface area contributed by atoms with Crippen LogP contribution in [0, 0.1) is 13.8 Å². The summed E-state index contributed by atoms with van der Waals surface area (Å²) in [5.74, 6) is 0. The highest BCUT2D eigenvalue weighted by Crippen LogP contribution is 2.32. The highest BCUT2D eigenvalue weighted by Gasteiger charge is 2.20. The summed E-state index contributed by atoms with van der Waals surface area (Å²) in [5, 5.41) is 4.60. The molecule has 0 bridgehead atoms. The van der Waals surface area contributed by atoms with Crippen molar-refractivity contribution in [2.45, 2.75) is 45.1 Å². The number of hydrogen-bond acceptors (Lipinski definition) is 4. The number of rotatable bonds is 8. The lowest BCUT2D eigenvalue weighted by atomic mass is 9.94. The van der Waals surface area contributed by atoms with Crippen LogP contribution in [-0.4, -0.2) is 18.2 Å². The summed E-state index contributed by atoms with van der Waals surface area (Å²) in [7, 11) is -3.79. The summed E-state index contributed by atoms with van der Waals surface area (Å²) in [5.41, 5.74) is 7.09. The number of aromatic nitrogens is 2. The van der Waals surface area contributed by atoms with Crippen LogP contribution in [0.2, 0.25) is 0 Å². The number of anilines is 1. The first-order valence-corrected chi connectivity index (χ1v) is 15.1. The van der Waals surface area contributed by atoms with Crippen molar-refractivity contribution in [2.75, 3.05) is 4.72 Å². The highest BCUT2D eigenvalue weighted by atomic mass is 32.2. The monoisotopic (exact) mass is 563 g/mol. The summed E-state index contributed by atoms with van der Waals surface area (Å²) in [6.45, 7) is 8.02. The minimum Gasteiger partial charge on any atom is -0.280 e. The largest absolute Gasteiger partial charge is 0.280 e. The van der Waals surface area contributed by atoms with Crippen molar-refractivity contribution in [1.29, 1.82) is 0 Å². The van der Waals surface area contributed by atoms with E-state index in [9.17, 15) is 13.2 Å². The lowest BCUT2D eigenvalue weighted by Crippen LogP contribution is -2.28. The summed E-state index contributed by atoms with van der Waals surface area (Å²) in [4.78, 5) is 14.3. The third-order valence-corrected chi connectivity index (χ3v) is 8.82. The van der Waals surface area contributed by atoms with Gasteiger partial charge in [-0.1, -0.05) is 85.3 Å². The summed E-state index contributed by atoms with van der Waals surface area (Å²) < 4.78 is 30.4. The number of aryl methyl sites for hydroxylation is 3. The van der Waals surface area contributed by atoms with Gasteiger partial charge in [-0.15, -0.1) is 0 Å². The Balaban J connectivity index is 1.63. The number of benzene rings is 4. The molecule has 1 aromatic heterocycles. The number of nitrogens with zero attached hydrogens (tertiary/aromatic N) is 2. The van der Waals surface area contributed by atoms with E-state index in [1.165, 1.54) is 10.2 Å². The van der Waals surface area contributed by atoms with E-state index >= 15 is 0 Å². The van der Waals surface area contributed by atoms with Gasteiger partial charge in [0.05, 0.1) is 22.7 Å². The number of sulfonamides is 1. The van der Waals surface area contributed by atoms with E-state index in [0.29, 0.717) is 22.4 Å². The second-order valence-electron chi connectivity index (χ2n) is 10.3. The molecule has 1 atom stereocenters. The first kappa shape index (κ1) is 28.1. The van der Waals surface area contributed by atoms with Gasteiger partial charge in [0.15, 0.2) is 0 Å². The first-order valence-electron chi connectivity index (χ1n) is 13.6. The van der Waals surface area contributed by atoms with Crippen LogP contribution in [0.5, 0.6) is 0 Å². The second kappa shape index (κ2) is 11.6. The zero-order chi connectivity index (χ0) is 29.1. The zero-order valence-corrected chi connectivity index (χ0v) is 24.4. The van der Waals surface area contributed by atoms with Gasteiger partial charge in [0, 0.05) is 11.3 Å². The van der Waals surface area contributed by atoms with Crippen molar-refractivity contribution >= 4 is 15.7 Å². The van der Waals surface area contributed by atoms with Gasteiger partial charge in [-0.3, -0.25) is 9.52 Å². The lowest BCUT2D eigenvalue weighted by Gasteiger charge is -2.19. The molecule has 0 amide bonds. The Morgan fingerprint density at radius 1 is 0.854 bits per heavy atom. The van der Waals surface area contributed by atoms with E-state index in [0.717, 1.165) is 28.7 Å². The Morgan fingerprint density at radius 2 is 1.59 bits per heavy atom. The predicted octanol–water partition coefficient (Wildman–Crippen LogP) is 7.17. The van der Waals surface area contributed by atoms with E-state index in [4.69, 9.17) is 0 Å². The average molecular weight is 564 g/mol. The lowest BCUT2D eigenvalue weighted by molar-refractivity contribution is 0.533. The Hall–Kier alpha value is -4.49. The SMILES string of the molecule is CCc1ccc(-c2c(-c3cccc(NS(=O)(=O)c4ccc(C)cc4)c3)cnn(C(C)c3ccccc3)c2=O)cc1C. The minimum atomic E-state index is -3.79. The maximum absolute atomic E-state index is 14.2. The fourth-order valence-electron chi connectivity index (χ4n) is 5.04. The molecule has 5 aromatic rings. The number of nitrogens with one attached hydrogen (secondary N) is 1. The van der Waals surface area contributed by atoms with Crippen molar-refractivity contribution in [1.82, 2.24) is 9.78 Å². The molecule has 0 fully saturated rings. The Morgan fingerprint density at radius 3 is 2.27 bits per heavy atom. The van der Waals surface area contributed by atoms with Crippen molar-refractivity contribution < 1.29 is 8.42 Å². The zero-order valence-electron chi connectivity index (χ0n) is 23.6. The minimum absolute atomic E-state index is 0.180. The third kappa shape index (κ3) is 5.86. The molecule has 208 valence electrons. The topological polar surface area (TPSA) is 81.1 Å². The molecule has 0 spiro atoms. The molecule has 41 heavy (non-hydrogen) atoms. The predicted molar refractivity (Wildman–Crippen MR) is 166 cm³/mol. The van der Waals surface area contributed by atoms with E-state index < -0.39 is 10.0 Å². The molecule has 0 aliphatic heterocycles. The van der Waals surface area contributed by atoms with Crippen LogP contribution in [0.25, 0.3) is 22.3 Å². The van der Waals surface area contributed by atoms with Crippen molar-refractivity contribution in [3.63, 3.8) is 0 Å². The van der Waals surface area contributed by atoms with Gasteiger partial charge < -0.3 is 0 Å². The molecule has 1 heterocycles. The van der Waals surface area contributed by atoms with Gasteiger partial charge >= 0.3 is 0 Å². The van der Waals surface area contributed by atoms with Crippen molar-refractivity contribution in [3.8, 4) is 22.3 Å². The van der Waals surface area contributed by atoms with Gasteiger partial charge in [-0.2, -0.15) is 5.10 Å². The van der Waals surface area contributed by atoms with Gasteiger partial charge in [-0.25, -0.2) is 13.1 Å². The van der Waals surface area contributed by atoms with Crippen molar-refractivity contribution in [3.05, 3.63) is 136 Å². The molecular weight excluding hydrogens is 530 g/mol. The maximum atomic E-state index is 14.2. The van der Waals surface area contributed by atoms with Gasteiger partial charge in [0.2, 0.25) is 0 Å². The Kier molecular flexibility index (Phi) is 7.90. The molecule has 0 aliphatic rings. The summed E-state index contributed by atoms with van der Waals surface area (Å²) >= 11 is 0. The van der Waals surface area contributed by atoms with Crippen LogP contribution < -0.4 is 10.3 Å². The molecule has 7 heteroatoms. The molecule has 0 radical (unpaired) electrons. The second-order valence-corrected chi connectivity index (χ2v) is 11.9. The van der Waals surface area contributed by atoms with E-state index in [-0.39, 0.29) is 16.5 Å². The average Bonchev–Trinajstić information content (AvgIpc) is 2.97. The van der Waals surface area contributed by atoms with Gasteiger partial charge in [-0.05, 0) is 79.3 Å². The van der Waals surface area contributed by atoms with E-state index in [1.54, 1.807) is 48.7 Å². The molecule has 1 N–H and O–H groups in total. The molecule has 5 rings (SSSR count). The molecule has 0 aliphatic carbocycles. The molecular formula is C34H33N3O3S. The molecule has 0 saturated heterocycles. The molecule has 4 aromatic carbocycles. The van der Waals surface area contributed by atoms with Crippen LogP contribution >= 0.6 is 0 Å². The molecule has 1 unspecified atom stereocenters. The third-order valence-electron chi connectivity index (χ3n) is 7.42. The van der Waals surface area contributed by atoms with Crippen LogP contribution in [-0.2, 0) is 16.4 Å². The smallest absolute Gasteiger partial charge is 0.275 e.